The topological polar surface area (TPSA) is 17.1 Å². The highest BCUT2D eigenvalue weighted by molar-refractivity contribution is 7.80. The predicted molar refractivity (Wildman–Crippen MR) is 59.5 cm³/mol. The molecule has 2 rings (SSSR count). The molecule has 13 heavy (non-hydrogen) atoms. The minimum absolute atomic E-state index is 0.671. The van der Waals surface area contributed by atoms with Gasteiger partial charge < -0.3 is 0 Å². The number of rotatable bonds is 1. The molecule has 1 heterocycles. The molecule has 0 spiro atoms. The molecule has 1 nitrogen and oxygen atoms in total. The Bertz CT molecular complexity index is 476. The second-order valence-electron chi connectivity index (χ2n) is 2.59. The van der Waals surface area contributed by atoms with Crippen LogP contribution in [0.4, 0.5) is 0 Å². The Hall–Kier alpha value is -0.510. The molecule has 0 saturated carbocycles. The van der Waals surface area contributed by atoms with Gasteiger partial charge in [0.1, 0.15) is 0 Å². The Balaban J connectivity index is 2.91. The number of hydrogen-bond acceptors (Lipinski definition) is 3. The van der Waals surface area contributed by atoms with Crippen molar-refractivity contribution in [2.24, 2.45) is 0 Å². The Labute approximate surface area is 89.7 Å². The number of aldehydes is 1. The Morgan fingerprint density at radius 3 is 2.92 bits per heavy atom. The Kier molecular flexibility index (Phi) is 2.32. The third kappa shape index (κ3) is 1.47. The van der Waals surface area contributed by atoms with Gasteiger partial charge in [0.2, 0.25) is 0 Å². The van der Waals surface area contributed by atoms with E-state index < -0.39 is 0 Å². The number of benzene rings is 1. The summed E-state index contributed by atoms with van der Waals surface area (Å²) in [4.78, 5) is 11.5. The second kappa shape index (κ2) is 3.33. The lowest BCUT2D eigenvalue weighted by molar-refractivity contribution is 0.112. The van der Waals surface area contributed by atoms with Crippen LogP contribution in [0.5, 0.6) is 0 Å². The van der Waals surface area contributed by atoms with Gasteiger partial charge in [-0.1, -0.05) is 11.6 Å². The van der Waals surface area contributed by atoms with E-state index in [1.54, 1.807) is 12.1 Å². The Morgan fingerprint density at radius 2 is 2.23 bits per heavy atom. The summed E-state index contributed by atoms with van der Waals surface area (Å²) in [5.41, 5.74) is 0.671. The van der Waals surface area contributed by atoms with Gasteiger partial charge in [-0.15, -0.1) is 24.0 Å². The third-order valence-electron chi connectivity index (χ3n) is 1.79. The first-order chi connectivity index (χ1) is 6.22. The van der Waals surface area contributed by atoms with Crippen LogP contribution in [-0.4, -0.2) is 6.29 Å². The quantitative estimate of drug-likeness (QED) is 0.582. The summed E-state index contributed by atoms with van der Waals surface area (Å²) >= 11 is 11.5. The van der Waals surface area contributed by atoms with Crippen molar-refractivity contribution in [3.05, 3.63) is 28.1 Å². The van der Waals surface area contributed by atoms with E-state index in [9.17, 15) is 4.79 Å². The zero-order chi connectivity index (χ0) is 9.42. The minimum Gasteiger partial charge on any atom is -0.298 e. The zero-order valence-corrected chi connectivity index (χ0v) is 8.92. The van der Waals surface area contributed by atoms with Crippen LogP contribution in [0.2, 0.25) is 4.34 Å². The van der Waals surface area contributed by atoms with Gasteiger partial charge in [-0.3, -0.25) is 4.79 Å². The van der Waals surface area contributed by atoms with Gasteiger partial charge in [0, 0.05) is 20.5 Å². The van der Waals surface area contributed by atoms with Gasteiger partial charge >= 0.3 is 0 Å². The normalized spacial score (nSPS) is 10.6. The molecule has 0 N–H and O–H groups in total. The Morgan fingerprint density at radius 1 is 1.46 bits per heavy atom. The number of fused-ring (bicyclic) bond motifs is 1. The maximum Gasteiger partial charge on any atom is 0.151 e. The molecular formula is C9H5ClOS2. The summed E-state index contributed by atoms with van der Waals surface area (Å²) in [6.07, 6.45) is 0.836. The first-order valence-corrected chi connectivity index (χ1v) is 5.22. The predicted octanol–water partition coefficient (Wildman–Crippen LogP) is 3.66. The lowest BCUT2D eigenvalue weighted by atomic mass is 10.2. The summed E-state index contributed by atoms with van der Waals surface area (Å²) in [5.74, 6) is 0. The van der Waals surface area contributed by atoms with Gasteiger partial charge in [-0.25, -0.2) is 0 Å². The second-order valence-corrected chi connectivity index (χ2v) is 4.75. The largest absolute Gasteiger partial charge is 0.298 e. The number of hydrogen-bond donors (Lipinski definition) is 1. The number of carbonyl (C=O) groups is 1. The van der Waals surface area contributed by atoms with E-state index in [0.717, 1.165) is 21.3 Å². The number of thiol groups is 1. The SMILES string of the molecule is O=Cc1ccc(S)c2cc(Cl)sc12. The summed E-state index contributed by atoms with van der Waals surface area (Å²) in [6, 6.07) is 5.39. The fraction of sp³-hybridized carbons (Fsp3) is 0. The van der Waals surface area contributed by atoms with Crippen LogP contribution in [0.3, 0.4) is 0 Å². The molecule has 0 aliphatic rings. The number of thiophene rings is 1. The average Bonchev–Trinajstić information content (AvgIpc) is 2.48. The molecule has 0 fully saturated rings. The van der Waals surface area contributed by atoms with Crippen molar-refractivity contribution < 1.29 is 4.79 Å². The molecule has 1 aromatic heterocycles. The van der Waals surface area contributed by atoms with E-state index in [0.29, 0.717) is 9.90 Å². The van der Waals surface area contributed by atoms with Gasteiger partial charge in [-0.2, -0.15) is 0 Å². The van der Waals surface area contributed by atoms with Crippen molar-refractivity contribution in [2.45, 2.75) is 4.90 Å². The van der Waals surface area contributed by atoms with Gasteiger partial charge in [0.25, 0.3) is 0 Å². The summed E-state index contributed by atoms with van der Waals surface area (Å²) in [5, 5.41) is 0.947. The van der Waals surface area contributed by atoms with Crippen molar-refractivity contribution in [2.75, 3.05) is 0 Å². The highest BCUT2D eigenvalue weighted by atomic mass is 35.5. The van der Waals surface area contributed by atoms with E-state index in [-0.39, 0.29) is 0 Å². The van der Waals surface area contributed by atoms with Gasteiger partial charge in [0.05, 0.1) is 4.34 Å². The van der Waals surface area contributed by atoms with Crippen LogP contribution in [-0.2, 0) is 0 Å². The van der Waals surface area contributed by atoms with Crippen LogP contribution < -0.4 is 0 Å². The highest BCUT2D eigenvalue weighted by Crippen LogP contribution is 2.34. The molecule has 0 amide bonds. The van der Waals surface area contributed by atoms with Crippen molar-refractivity contribution in [1.29, 1.82) is 0 Å². The monoisotopic (exact) mass is 228 g/mol. The fourth-order valence-corrected chi connectivity index (χ4v) is 2.74. The highest BCUT2D eigenvalue weighted by Gasteiger charge is 2.07. The molecule has 0 unspecified atom stereocenters. The van der Waals surface area contributed by atoms with E-state index in [1.165, 1.54) is 11.3 Å². The van der Waals surface area contributed by atoms with Crippen LogP contribution in [0, 0.1) is 0 Å². The van der Waals surface area contributed by atoms with E-state index in [4.69, 9.17) is 11.6 Å². The van der Waals surface area contributed by atoms with Crippen LogP contribution in [0.15, 0.2) is 23.1 Å². The summed E-state index contributed by atoms with van der Waals surface area (Å²) < 4.78 is 1.59. The number of carbonyl (C=O) groups excluding carboxylic acids is 1. The van der Waals surface area contributed by atoms with E-state index >= 15 is 0 Å². The van der Waals surface area contributed by atoms with Crippen molar-refractivity contribution in [1.82, 2.24) is 0 Å². The average molecular weight is 229 g/mol. The lowest BCUT2D eigenvalue weighted by Crippen LogP contribution is -1.79. The standard InChI is InChI=1S/C9H5ClOS2/c10-8-3-6-7(12)2-1-5(4-11)9(6)13-8/h1-4,12H. The van der Waals surface area contributed by atoms with E-state index in [2.05, 4.69) is 12.6 Å². The fourth-order valence-electron chi connectivity index (χ4n) is 1.19. The smallest absolute Gasteiger partial charge is 0.151 e. The zero-order valence-electron chi connectivity index (χ0n) is 6.45. The van der Waals surface area contributed by atoms with Crippen molar-refractivity contribution >= 4 is 51.9 Å². The van der Waals surface area contributed by atoms with Crippen LogP contribution in [0.25, 0.3) is 10.1 Å². The third-order valence-corrected chi connectivity index (χ3v) is 3.49. The maximum absolute atomic E-state index is 10.7. The molecule has 0 radical (unpaired) electrons. The first-order valence-electron chi connectivity index (χ1n) is 3.58. The molecule has 2 aromatic rings. The molecule has 0 bridgehead atoms. The minimum atomic E-state index is 0.671. The number of halogens is 1. The van der Waals surface area contributed by atoms with Gasteiger partial charge in [-0.05, 0) is 18.2 Å². The van der Waals surface area contributed by atoms with Crippen molar-refractivity contribution in [3.63, 3.8) is 0 Å². The molecule has 4 heteroatoms. The first kappa shape index (κ1) is 9.06. The molecular weight excluding hydrogens is 224 g/mol. The molecule has 0 saturated heterocycles. The molecule has 66 valence electrons. The lowest BCUT2D eigenvalue weighted by Gasteiger charge is -1.96. The van der Waals surface area contributed by atoms with Gasteiger partial charge in [0.15, 0.2) is 6.29 Å². The van der Waals surface area contributed by atoms with Crippen LogP contribution in [0.1, 0.15) is 10.4 Å². The van der Waals surface area contributed by atoms with Crippen molar-refractivity contribution in [3.8, 4) is 0 Å². The molecule has 0 aliphatic heterocycles. The van der Waals surface area contributed by atoms with E-state index in [1.807, 2.05) is 6.07 Å². The maximum atomic E-state index is 10.7. The molecule has 1 aromatic carbocycles. The summed E-state index contributed by atoms with van der Waals surface area (Å²) in [7, 11) is 0. The molecule has 0 aliphatic carbocycles. The molecule has 0 atom stereocenters. The summed E-state index contributed by atoms with van der Waals surface area (Å²) in [6.45, 7) is 0. The van der Waals surface area contributed by atoms with Crippen LogP contribution >= 0.6 is 35.6 Å².